The highest BCUT2D eigenvalue weighted by molar-refractivity contribution is 7.99. The van der Waals surface area contributed by atoms with Gasteiger partial charge in [0, 0.05) is 18.1 Å². The first-order valence-corrected chi connectivity index (χ1v) is 13.8. The molecule has 176 valence electrons. The van der Waals surface area contributed by atoms with E-state index in [1.54, 1.807) is 5.57 Å². The first-order valence-electron chi connectivity index (χ1n) is 12.7. The van der Waals surface area contributed by atoms with E-state index in [0.717, 1.165) is 24.2 Å². The summed E-state index contributed by atoms with van der Waals surface area (Å²) in [6.45, 7) is 5.95. The summed E-state index contributed by atoms with van der Waals surface area (Å²) in [6.07, 6.45) is 13.8. The number of aliphatic hydroxyl groups excluding tert-OH is 2. The molecule has 0 unspecified atom stereocenters. The summed E-state index contributed by atoms with van der Waals surface area (Å²) < 4.78 is 0. The Labute approximate surface area is 199 Å². The number of benzene rings is 1. The van der Waals surface area contributed by atoms with Gasteiger partial charge in [-0.05, 0) is 81.8 Å². The normalized spacial score (nSPS) is 29.4. The molecule has 32 heavy (non-hydrogen) atoms. The fraction of sp³-hybridized carbons (Fsp3) is 0.643. The van der Waals surface area contributed by atoms with Gasteiger partial charge in [-0.3, -0.25) is 0 Å². The van der Waals surface area contributed by atoms with E-state index in [0.29, 0.717) is 18.3 Å². The molecule has 0 radical (unpaired) electrons. The SMILES string of the molecule is Cc1cccc(C[C@H](O)C=C[C@@H]2[C@H]3CC(CSCCCN4CCCCC4)=C[C@H]3C[C@H]2O)c1. The summed E-state index contributed by atoms with van der Waals surface area (Å²) in [5, 5.41) is 21.1. The van der Waals surface area contributed by atoms with Gasteiger partial charge in [0.1, 0.15) is 0 Å². The van der Waals surface area contributed by atoms with Crippen LogP contribution in [0.15, 0.2) is 48.1 Å². The van der Waals surface area contributed by atoms with Crippen molar-refractivity contribution in [2.45, 2.75) is 64.1 Å². The number of aliphatic hydroxyl groups is 2. The molecule has 0 aromatic heterocycles. The van der Waals surface area contributed by atoms with Crippen LogP contribution in [0, 0.1) is 24.7 Å². The summed E-state index contributed by atoms with van der Waals surface area (Å²) in [6, 6.07) is 8.33. The molecule has 2 aliphatic carbocycles. The van der Waals surface area contributed by atoms with E-state index in [4.69, 9.17) is 0 Å². The molecule has 0 spiro atoms. The van der Waals surface area contributed by atoms with E-state index < -0.39 is 6.10 Å². The zero-order valence-corrected chi connectivity index (χ0v) is 20.5. The zero-order valence-electron chi connectivity index (χ0n) is 19.7. The Balaban J connectivity index is 1.19. The molecule has 1 aliphatic heterocycles. The lowest BCUT2D eigenvalue weighted by molar-refractivity contribution is 0.140. The van der Waals surface area contributed by atoms with Crippen molar-refractivity contribution in [1.82, 2.24) is 4.90 Å². The highest BCUT2D eigenvalue weighted by Crippen LogP contribution is 2.47. The molecule has 2 N–H and O–H groups in total. The van der Waals surface area contributed by atoms with Gasteiger partial charge in [0.2, 0.25) is 0 Å². The third kappa shape index (κ3) is 6.72. The number of rotatable bonds is 10. The van der Waals surface area contributed by atoms with Crippen molar-refractivity contribution in [2.24, 2.45) is 17.8 Å². The maximum atomic E-state index is 10.6. The predicted molar refractivity (Wildman–Crippen MR) is 136 cm³/mol. The Hall–Kier alpha value is -1.07. The number of piperidine rings is 1. The van der Waals surface area contributed by atoms with E-state index >= 15 is 0 Å². The van der Waals surface area contributed by atoms with Gasteiger partial charge in [-0.25, -0.2) is 0 Å². The molecule has 1 saturated carbocycles. The van der Waals surface area contributed by atoms with Crippen LogP contribution in [0.2, 0.25) is 0 Å². The molecule has 5 atom stereocenters. The highest BCUT2D eigenvalue weighted by atomic mass is 32.2. The minimum absolute atomic E-state index is 0.171. The Bertz CT molecular complexity index is 785. The molecule has 3 aliphatic rings. The van der Waals surface area contributed by atoms with E-state index in [-0.39, 0.29) is 12.0 Å². The molecule has 1 saturated heterocycles. The number of allylic oxidation sites excluding steroid dienone is 1. The van der Waals surface area contributed by atoms with Gasteiger partial charge in [-0.1, -0.05) is 60.1 Å². The topological polar surface area (TPSA) is 43.7 Å². The van der Waals surface area contributed by atoms with Gasteiger partial charge in [0.15, 0.2) is 0 Å². The second-order valence-electron chi connectivity index (χ2n) is 10.2. The molecule has 0 bridgehead atoms. The highest BCUT2D eigenvalue weighted by Gasteiger charge is 2.43. The van der Waals surface area contributed by atoms with Crippen LogP contribution >= 0.6 is 11.8 Å². The van der Waals surface area contributed by atoms with Crippen LogP contribution in [0.4, 0.5) is 0 Å². The van der Waals surface area contributed by atoms with Gasteiger partial charge in [0.25, 0.3) is 0 Å². The van der Waals surface area contributed by atoms with Crippen molar-refractivity contribution >= 4 is 11.8 Å². The van der Waals surface area contributed by atoms with Crippen LogP contribution in [-0.2, 0) is 6.42 Å². The molecule has 1 aromatic carbocycles. The van der Waals surface area contributed by atoms with Crippen LogP contribution < -0.4 is 0 Å². The van der Waals surface area contributed by atoms with E-state index in [2.05, 4.69) is 53.9 Å². The van der Waals surface area contributed by atoms with Crippen LogP contribution in [0.5, 0.6) is 0 Å². The lowest BCUT2D eigenvalue weighted by Gasteiger charge is -2.26. The molecule has 3 nitrogen and oxygen atoms in total. The van der Waals surface area contributed by atoms with Crippen molar-refractivity contribution in [3.63, 3.8) is 0 Å². The monoisotopic (exact) mass is 455 g/mol. The smallest absolute Gasteiger partial charge is 0.0761 e. The molecule has 1 heterocycles. The van der Waals surface area contributed by atoms with Gasteiger partial charge in [-0.2, -0.15) is 11.8 Å². The van der Waals surface area contributed by atoms with Crippen molar-refractivity contribution in [3.8, 4) is 0 Å². The third-order valence-electron chi connectivity index (χ3n) is 7.53. The maximum Gasteiger partial charge on any atom is 0.0761 e. The minimum atomic E-state index is -0.493. The number of nitrogens with zero attached hydrogens (tertiary/aromatic N) is 1. The number of hydrogen-bond donors (Lipinski definition) is 2. The standard InChI is InChI=1S/C28H41NO2S/c1-21-7-5-8-22(15-21)17-25(30)9-10-26-27-18-23(16-24(27)19-28(26)31)20-32-14-6-13-29-11-3-2-4-12-29/h5,7-10,15-16,24-28,30-31H,2-4,6,11-14,17-20H2,1H3/t24-,25+,26+,27-,28+/m0/s1. The summed E-state index contributed by atoms with van der Waals surface area (Å²) in [5.41, 5.74) is 3.96. The zero-order chi connectivity index (χ0) is 22.3. The van der Waals surface area contributed by atoms with Crippen LogP contribution in [-0.4, -0.2) is 58.5 Å². The number of hydrogen-bond acceptors (Lipinski definition) is 4. The Morgan fingerprint density at radius 1 is 1.22 bits per heavy atom. The summed E-state index contributed by atoms with van der Waals surface area (Å²) in [5.74, 6) is 3.59. The second kappa shape index (κ2) is 11.9. The maximum absolute atomic E-state index is 10.6. The second-order valence-corrected chi connectivity index (χ2v) is 11.3. The molecule has 4 heteroatoms. The quantitative estimate of drug-likeness (QED) is 0.385. The molecular weight excluding hydrogens is 414 g/mol. The average molecular weight is 456 g/mol. The molecule has 4 rings (SSSR count). The Kier molecular flexibility index (Phi) is 8.93. The molecular formula is C28H41NO2S. The van der Waals surface area contributed by atoms with Crippen LogP contribution in [0.3, 0.4) is 0 Å². The van der Waals surface area contributed by atoms with Crippen molar-refractivity contribution in [1.29, 1.82) is 0 Å². The van der Waals surface area contributed by atoms with Crippen molar-refractivity contribution in [3.05, 3.63) is 59.2 Å². The number of likely N-dealkylation sites (tertiary alicyclic amines) is 1. The fourth-order valence-corrected chi connectivity index (χ4v) is 6.85. The number of fused-ring (bicyclic) bond motifs is 1. The van der Waals surface area contributed by atoms with Gasteiger partial charge < -0.3 is 15.1 Å². The van der Waals surface area contributed by atoms with Crippen molar-refractivity contribution < 1.29 is 10.2 Å². The first-order chi connectivity index (χ1) is 15.6. The fourth-order valence-electron chi connectivity index (χ4n) is 5.89. The lowest BCUT2D eigenvalue weighted by atomic mass is 9.89. The Morgan fingerprint density at radius 2 is 2.06 bits per heavy atom. The van der Waals surface area contributed by atoms with Crippen molar-refractivity contribution in [2.75, 3.05) is 31.1 Å². The van der Waals surface area contributed by atoms with Crippen LogP contribution in [0.1, 0.15) is 49.7 Å². The van der Waals surface area contributed by atoms with E-state index in [9.17, 15) is 10.2 Å². The van der Waals surface area contributed by atoms with Gasteiger partial charge in [0.05, 0.1) is 12.2 Å². The first kappa shape index (κ1) is 24.1. The summed E-state index contributed by atoms with van der Waals surface area (Å²) in [7, 11) is 0. The largest absolute Gasteiger partial charge is 0.392 e. The van der Waals surface area contributed by atoms with Gasteiger partial charge in [-0.15, -0.1) is 0 Å². The minimum Gasteiger partial charge on any atom is -0.392 e. The Morgan fingerprint density at radius 3 is 2.88 bits per heavy atom. The summed E-state index contributed by atoms with van der Waals surface area (Å²) >= 11 is 2.08. The van der Waals surface area contributed by atoms with Gasteiger partial charge >= 0.3 is 0 Å². The summed E-state index contributed by atoms with van der Waals surface area (Å²) in [4.78, 5) is 2.63. The third-order valence-corrected chi connectivity index (χ3v) is 8.68. The van der Waals surface area contributed by atoms with E-state index in [1.807, 2.05) is 12.1 Å². The average Bonchev–Trinajstić information content (AvgIpc) is 3.29. The number of aryl methyl sites for hydroxylation is 1. The van der Waals surface area contributed by atoms with E-state index in [1.165, 1.54) is 56.6 Å². The molecule has 1 aromatic rings. The molecule has 0 amide bonds. The lowest BCUT2D eigenvalue weighted by Crippen LogP contribution is -2.30. The molecule has 2 fully saturated rings. The predicted octanol–water partition coefficient (Wildman–Crippen LogP) is 5.01. The van der Waals surface area contributed by atoms with Crippen LogP contribution in [0.25, 0.3) is 0 Å². The number of thioether (sulfide) groups is 1.